The van der Waals surface area contributed by atoms with Crippen molar-refractivity contribution in [2.24, 2.45) is 7.05 Å². The first-order valence-corrected chi connectivity index (χ1v) is 7.79. The van der Waals surface area contributed by atoms with Crippen molar-refractivity contribution in [2.75, 3.05) is 23.4 Å². The molecule has 9 heteroatoms. The third kappa shape index (κ3) is 3.66. The SMILES string of the molecule is CCc1nn(C)c(NCCS(=O)(=O)CC)c1[N+](=O)[O-]. The predicted octanol–water partition coefficient (Wildman–Crippen LogP) is 0.737. The summed E-state index contributed by atoms with van der Waals surface area (Å²) in [4.78, 5) is 10.5. The molecule has 0 aliphatic heterocycles. The molecule has 0 spiro atoms. The maximum atomic E-state index is 11.4. The fourth-order valence-corrected chi connectivity index (χ4v) is 2.37. The zero-order chi connectivity index (χ0) is 14.6. The van der Waals surface area contributed by atoms with Gasteiger partial charge in [-0.05, 0) is 6.42 Å². The Balaban J connectivity index is 2.89. The molecule has 108 valence electrons. The predicted molar refractivity (Wildman–Crippen MR) is 72.1 cm³/mol. The number of aryl methyl sites for hydroxylation is 2. The van der Waals surface area contributed by atoms with Gasteiger partial charge in [-0.25, -0.2) is 13.1 Å². The second-order valence-electron chi connectivity index (χ2n) is 4.04. The lowest BCUT2D eigenvalue weighted by molar-refractivity contribution is -0.384. The molecule has 0 saturated carbocycles. The Morgan fingerprint density at radius 2 is 2.05 bits per heavy atom. The highest BCUT2D eigenvalue weighted by molar-refractivity contribution is 7.91. The van der Waals surface area contributed by atoms with Gasteiger partial charge in [-0.1, -0.05) is 13.8 Å². The van der Waals surface area contributed by atoms with E-state index >= 15 is 0 Å². The quantitative estimate of drug-likeness (QED) is 0.586. The molecule has 0 unspecified atom stereocenters. The molecule has 1 rings (SSSR count). The summed E-state index contributed by atoms with van der Waals surface area (Å²) in [5.74, 6) is 0.239. The standard InChI is InChI=1S/C10H18N4O4S/c1-4-8-9(14(15)16)10(13(3)12-8)11-6-7-19(17,18)5-2/h11H,4-7H2,1-3H3. The topological polar surface area (TPSA) is 107 Å². The molecular weight excluding hydrogens is 272 g/mol. The van der Waals surface area contributed by atoms with Crippen LogP contribution in [0.15, 0.2) is 0 Å². The highest BCUT2D eigenvalue weighted by Crippen LogP contribution is 2.28. The van der Waals surface area contributed by atoms with E-state index in [2.05, 4.69) is 10.4 Å². The number of nitrogens with zero attached hydrogens (tertiary/aromatic N) is 3. The van der Waals surface area contributed by atoms with Crippen molar-refractivity contribution in [3.63, 3.8) is 0 Å². The van der Waals surface area contributed by atoms with Gasteiger partial charge in [0, 0.05) is 19.3 Å². The average Bonchev–Trinajstić information content (AvgIpc) is 2.66. The fourth-order valence-electron chi connectivity index (χ4n) is 1.67. The molecule has 0 saturated heterocycles. The van der Waals surface area contributed by atoms with Crippen molar-refractivity contribution in [3.05, 3.63) is 15.8 Å². The molecule has 0 fully saturated rings. The Hall–Kier alpha value is -1.64. The van der Waals surface area contributed by atoms with Crippen molar-refractivity contribution in [1.29, 1.82) is 0 Å². The van der Waals surface area contributed by atoms with Crippen LogP contribution in [0.25, 0.3) is 0 Å². The molecule has 1 aromatic heterocycles. The van der Waals surface area contributed by atoms with Gasteiger partial charge < -0.3 is 5.32 Å². The Kier molecular flexibility index (Phi) is 4.87. The molecule has 0 aliphatic rings. The highest BCUT2D eigenvalue weighted by atomic mass is 32.2. The summed E-state index contributed by atoms with van der Waals surface area (Å²) >= 11 is 0. The Bertz CT molecular complexity index is 564. The van der Waals surface area contributed by atoms with E-state index in [4.69, 9.17) is 0 Å². The minimum atomic E-state index is -3.10. The van der Waals surface area contributed by atoms with Crippen molar-refractivity contribution in [1.82, 2.24) is 9.78 Å². The third-order valence-corrected chi connectivity index (χ3v) is 4.46. The number of aromatic nitrogens is 2. The first kappa shape index (κ1) is 15.4. The van der Waals surface area contributed by atoms with Gasteiger partial charge >= 0.3 is 5.69 Å². The Morgan fingerprint density at radius 1 is 1.42 bits per heavy atom. The number of anilines is 1. The fraction of sp³-hybridized carbons (Fsp3) is 0.700. The number of hydrogen-bond acceptors (Lipinski definition) is 6. The summed E-state index contributed by atoms with van der Waals surface area (Å²) in [6, 6.07) is 0. The van der Waals surface area contributed by atoms with Crippen LogP contribution in [0.1, 0.15) is 19.5 Å². The van der Waals surface area contributed by atoms with Crippen LogP contribution in [0.2, 0.25) is 0 Å². The summed E-state index contributed by atoms with van der Waals surface area (Å²) in [5.41, 5.74) is 0.298. The van der Waals surface area contributed by atoms with Crippen molar-refractivity contribution in [2.45, 2.75) is 20.3 Å². The largest absolute Gasteiger partial charge is 0.364 e. The zero-order valence-electron chi connectivity index (χ0n) is 11.2. The number of nitro groups is 1. The molecule has 8 nitrogen and oxygen atoms in total. The van der Waals surface area contributed by atoms with E-state index in [-0.39, 0.29) is 29.6 Å². The smallest absolute Gasteiger partial charge is 0.333 e. The molecule has 1 N–H and O–H groups in total. The number of nitrogens with one attached hydrogen (secondary N) is 1. The maximum absolute atomic E-state index is 11.4. The average molecular weight is 290 g/mol. The first-order chi connectivity index (χ1) is 8.82. The zero-order valence-corrected chi connectivity index (χ0v) is 12.0. The van der Waals surface area contributed by atoms with Gasteiger partial charge in [0.25, 0.3) is 0 Å². The van der Waals surface area contributed by atoms with Crippen LogP contribution in [0, 0.1) is 10.1 Å². The van der Waals surface area contributed by atoms with E-state index in [0.717, 1.165) is 0 Å². The van der Waals surface area contributed by atoms with E-state index in [1.165, 1.54) is 4.68 Å². The van der Waals surface area contributed by atoms with Crippen LogP contribution >= 0.6 is 0 Å². The van der Waals surface area contributed by atoms with Gasteiger partial charge in [0.15, 0.2) is 9.84 Å². The minimum absolute atomic E-state index is 0.0579. The molecule has 0 bridgehead atoms. The third-order valence-electron chi connectivity index (χ3n) is 2.75. The minimum Gasteiger partial charge on any atom is -0.364 e. The van der Waals surface area contributed by atoms with Crippen LogP contribution in [-0.4, -0.2) is 41.2 Å². The molecule has 0 radical (unpaired) electrons. The van der Waals surface area contributed by atoms with Gasteiger partial charge in [0.2, 0.25) is 5.82 Å². The first-order valence-electron chi connectivity index (χ1n) is 5.97. The molecule has 0 amide bonds. The summed E-state index contributed by atoms with van der Waals surface area (Å²) in [6.07, 6.45) is 0.444. The molecule has 1 heterocycles. The maximum Gasteiger partial charge on any atom is 0.333 e. The number of sulfone groups is 1. The van der Waals surface area contributed by atoms with Gasteiger partial charge in [0.1, 0.15) is 5.69 Å². The molecule has 0 aliphatic carbocycles. The van der Waals surface area contributed by atoms with Crippen LogP contribution in [0.4, 0.5) is 11.5 Å². The second-order valence-corrected chi connectivity index (χ2v) is 6.51. The van der Waals surface area contributed by atoms with Gasteiger partial charge in [-0.3, -0.25) is 10.1 Å². The highest BCUT2D eigenvalue weighted by Gasteiger charge is 2.25. The lowest BCUT2D eigenvalue weighted by atomic mass is 10.3. The normalized spacial score (nSPS) is 11.5. The Morgan fingerprint density at radius 3 is 2.53 bits per heavy atom. The van der Waals surface area contributed by atoms with E-state index in [0.29, 0.717) is 12.1 Å². The van der Waals surface area contributed by atoms with Crippen LogP contribution in [-0.2, 0) is 23.3 Å². The second kappa shape index (κ2) is 6.00. The number of hydrogen-bond donors (Lipinski definition) is 1. The van der Waals surface area contributed by atoms with Crippen LogP contribution in [0.5, 0.6) is 0 Å². The van der Waals surface area contributed by atoms with Crippen molar-refractivity contribution in [3.8, 4) is 0 Å². The van der Waals surface area contributed by atoms with Gasteiger partial charge in [-0.2, -0.15) is 5.10 Å². The van der Waals surface area contributed by atoms with Gasteiger partial charge in [0.05, 0.1) is 10.7 Å². The van der Waals surface area contributed by atoms with Crippen LogP contribution < -0.4 is 5.32 Å². The number of rotatable bonds is 7. The van der Waals surface area contributed by atoms with E-state index in [1.807, 2.05) is 0 Å². The summed E-state index contributed by atoms with van der Waals surface area (Å²) in [7, 11) is -1.51. The van der Waals surface area contributed by atoms with E-state index < -0.39 is 14.8 Å². The van der Waals surface area contributed by atoms with Crippen molar-refractivity contribution < 1.29 is 13.3 Å². The molecular formula is C10H18N4O4S. The summed E-state index contributed by atoms with van der Waals surface area (Å²) < 4.78 is 24.1. The molecule has 19 heavy (non-hydrogen) atoms. The lowest BCUT2D eigenvalue weighted by Gasteiger charge is -2.05. The van der Waals surface area contributed by atoms with E-state index in [9.17, 15) is 18.5 Å². The molecule has 0 atom stereocenters. The van der Waals surface area contributed by atoms with E-state index in [1.54, 1.807) is 20.9 Å². The molecule has 0 aromatic carbocycles. The summed E-state index contributed by atoms with van der Waals surface area (Å²) in [5, 5.41) is 17.9. The molecule has 1 aromatic rings. The Labute approximate surface area is 111 Å². The van der Waals surface area contributed by atoms with Gasteiger partial charge in [-0.15, -0.1) is 0 Å². The van der Waals surface area contributed by atoms with Crippen LogP contribution in [0.3, 0.4) is 0 Å². The summed E-state index contributed by atoms with van der Waals surface area (Å²) in [6.45, 7) is 3.47. The monoisotopic (exact) mass is 290 g/mol. The lowest BCUT2D eigenvalue weighted by Crippen LogP contribution is -2.18. The van der Waals surface area contributed by atoms with Crippen molar-refractivity contribution >= 4 is 21.3 Å².